The van der Waals surface area contributed by atoms with Gasteiger partial charge in [0.15, 0.2) is 0 Å². The number of rotatable bonds is 0. The van der Waals surface area contributed by atoms with Crippen LogP contribution in [0.25, 0.3) is 0 Å². The summed E-state index contributed by atoms with van der Waals surface area (Å²) in [6.07, 6.45) is 4.99. The summed E-state index contributed by atoms with van der Waals surface area (Å²) in [5, 5.41) is 13.7. The molecule has 1 N–H and O–H groups in total. The molecule has 0 bridgehead atoms. The van der Waals surface area contributed by atoms with E-state index in [1.54, 1.807) is 0 Å². The molecule has 0 radical (unpaired) electrons. The Morgan fingerprint density at radius 3 is 3.25 bits per heavy atom. The zero-order chi connectivity index (χ0) is 8.39. The van der Waals surface area contributed by atoms with Crippen LogP contribution in [0.2, 0.25) is 0 Å². The molecule has 66 valence electrons. The summed E-state index contributed by atoms with van der Waals surface area (Å²) in [5.41, 5.74) is 1.17. The predicted molar refractivity (Wildman–Crippen MR) is 46.2 cm³/mol. The molecule has 1 heterocycles. The number of hydrogen-bond donors (Lipinski definition) is 1. The van der Waals surface area contributed by atoms with Gasteiger partial charge in [-0.1, -0.05) is 0 Å². The Bertz CT molecular complexity index is 261. The molecule has 0 spiro atoms. The Hall–Kier alpha value is -0.181. The van der Waals surface area contributed by atoms with E-state index in [4.69, 9.17) is 0 Å². The maximum absolute atomic E-state index is 9.55. The van der Waals surface area contributed by atoms with Gasteiger partial charge in [0.25, 0.3) is 0 Å². The van der Waals surface area contributed by atoms with Crippen LogP contribution >= 0.6 is 0 Å². The van der Waals surface area contributed by atoms with Crippen molar-refractivity contribution in [2.75, 3.05) is 0 Å². The molecule has 1 atom stereocenters. The van der Waals surface area contributed by atoms with Gasteiger partial charge in [-0.05, 0) is 0 Å². The number of aromatic nitrogens is 2. The average molecular weight is 231 g/mol. The molecule has 1 aliphatic rings. The van der Waals surface area contributed by atoms with Crippen LogP contribution in [0.3, 0.4) is 0 Å². The standard InChI is InChI=1S/C8H12N2OSe/c11-6-3-1-2-4-7-8(5-6)12-10-9-7/h6,11H,1-5H2. The Kier molecular flexibility index (Phi) is 2.59. The Labute approximate surface area is 77.8 Å². The second kappa shape index (κ2) is 3.69. The van der Waals surface area contributed by atoms with Gasteiger partial charge in [-0.15, -0.1) is 0 Å². The zero-order valence-corrected chi connectivity index (χ0v) is 8.58. The first kappa shape index (κ1) is 8.42. The van der Waals surface area contributed by atoms with E-state index in [0.29, 0.717) is 0 Å². The van der Waals surface area contributed by atoms with E-state index in [9.17, 15) is 5.11 Å². The van der Waals surface area contributed by atoms with E-state index in [1.807, 2.05) is 0 Å². The minimum absolute atomic E-state index is 0.138. The van der Waals surface area contributed by atoms with E-state index in [2.05, 4.69) is 9.19 Å². The molecule has 1 aliphatic carbocycles. The minimum atomic E-state index is -0.138. The van der Waals surface area contributed by atoms with Crippen molar-refractivity contribution in [2.45, 2.75) is 38.2 Å². The number of fused-ring (bicyclic) bond motifs is 1. The van der Waals surface area contributed by atoms with E-state index in [0.717, 1.165) is 32.1 Å². The van der Waals surface area contributed by atoms with Crippen molar-refractivity contribution in [1.82, 2.24) is 9.19 Å². The molecule has 0 amide bonds. The quantitative estimate of drug-likeness (QED) is 0.647. The van der Waals surface area contributed by atoms with E-state index < -0.39 is 0 Å². The first-order valence-corrected chi connectivity index (χ1v) is 5.96. The van der Waals surface area contributed by atoms with Crippen LogP contribution in [0.1, 0.15) is 29.4 Å². The first-order valence-electron chi connectivity index (χ1n) is 4.34. The molecule has 3 nitrogen and oxygen atoms in total. The third-order valence-corrected chi connectivity index (χ3v) is 3.91. The van der Waals surface area contributed by atoms with Crippen molar-refractivity contribution in [3.8, 4) is 0 Å². The molecule has 0 fully saturated rings. The number of aliphatic hydroxyl groups is 1. The number of nitrogens with zero attached hydrogens (tertiary/aromatic N) is 2. The zero-order valence-electron chi connectivity index (χ0n) is 6.86. The van der Waals surface area contributed by atoms with Gasteiger partial charge in [0, 0.05) is 0 Å². The SMILES string of the molecule is OC1CCCCc2nn[se]c2C1. The monoisotopic (exact) mass is 232 g/mol. The van der Waals surface area contributed by atoms with Crippen LogP contribution in [0, 0.1) is 0 Å². The van der Waals surface area contributed by atoms with E-state index in [1.165, 1.54) is 10.1 Å². The molecule has 0 aliphatic heterocycles. The second-order valence-electron chi connectivity index (χ2n) is 3.25. The molecule has 0 aromatic carbocycles. The number of aliphatic hydroxyl groups excluding tert-OH is 1. The summed E-state index contributed by atoms with van der Waals surface area (Å²) in [6, 6.07) is 0. The number of aryl methyl sites for hydroxylation is 1. The fourth-order valence-electron chi connectivity index (χ4n) is 1.56. The van der Waals surface area contributed by atoms with Gasteiger partial charge in [0.2, 0.25) is 0 Å². The topological polar surface area (TPSA) is 46.0 Å². The summed E-state index contributed by atoms with van der Waals surface area (Å²) < 4.78 is 5.38. The molecule has 1 aromatic heterocycles. The predicted octanol–water partition coefficient (Wildman–Crippen LogP) is 0.163. The number of hydrogen-bond acceptors (Lipinski definition) is 3. The summed E-state index contributed by atoms with van der Waals surface area (Å²) in [6.45, 7) is 0. The van der Waals surface area contributed by atoms with Gasteiger partial charge >= 0.3 is 77.4 Å². The van der Waals surface area contributed by atoms with Crippen LogP contribution in [-0.4, -0.2) is 35.1 Å². The molecule has 0 saturated carbocycles. The van der Waals surface area contributed by atoms with Crippen LogP contribution in [0.15, 0.2) is 0 Å². The van der Waals surface area contributed by atoms with Crippen molar-refractivity contribution in [1.29, 1.82) is 0 Å². The summed E-state index contributed by atoms with van der Waals surface area (Å²) in [4.78, 5) is 0. The normalized spacial score (nSPS) is 24.2. The van der Waals surface area contributed by atoms with E-state index >= 15 is 0 Å². The molecule has 2 rings (SSSR count). The van der Waals surface area contributed by atoms with Crippen molar-refractivity contribution in [2.24, 2.45) is 0 Å². The van der Waals surface area contributed by atoms with Crippen LogP contribution in [-0.2, 0) is 12.8 Å². The fourth-order valence-corrected chi connectivity index (χ4v) is 3.14. The Balaban J connectivity index is 2.19. The fraction of sp³-hybridized carbons (Fsp3) is 0.750. The van der Waals surface area contributed by atoms with Crippen LogP contribution in [0.4, 0.5) is 0 Å². The van der Waals surface area contributed by atoms with Crippen molar-refractivity contribution >= 4 is 14.7 Å². The van der Waals surface area contributed by atoms with Crippen molar-refractivity contribution in [3.05, 3.63) is 10.1 Å². The Morgan fingerprint density at radius 2 is 2.33 bits per heavy atom. The molecule has 1 unspecified atom stereocenters. The van der Waals surface area contributed by atoms with Gasteiger partial charge in [0.1, 0.15) is 0 Å². The van der Waals surface area contributed by atoms with Gasteiger partial charge in [0.05, 0.1) is 0 Å². The molecular formula is C8H12N2OSe. The molecule has 12 heavy (non-hydrogen) atoms. The first-order chi connectivity index (χ1) is 5.86. The summed E-state index contributed by atoms with van der Waals surface area (Å²) in [5.74, 6) is 0. The van der Waals surface area contributed by atoms with Crippen LogP contribution in [0.5, 0.6) is 0 Å². The Morgan fingerprint density at radius 1 is 1.42 bits per heavy atom. The maximum atomic E-state index is 9.55. The molecule has 4 heteroatoms. The molecule has 0 saturated heterocycles. The van der Waals surface area contributed by atoms with Gasteiger partial charge in [-0.2, -0.15) is 0 Å². The molecule has 1 aromatic rings. The van der Waals surface area contributed by atoms with Crippen molar-refractivity contribution < 1.29 is 5.11 Å². The third kappa shape index (κ3) is 1.76. The van der Waals surface area contributed by atoms with Gasteiger partial charge in [-0.25, -0.2) is 0 Å². The molecular weight excluding hydrogens is 219 g/mol. The van der Waals surface area contributed by atoms with E-state index in [-0.39, 0.29) is 20.8 Å². The second-order valence-corrected chi connectivity index (χ2v) is 5.01. The average Bonchev–Trinajstić information content (AvgIpc) is 2.42. The van der Waals surface area contributed by atoms with Crippen molar-refractivity contribution in [3.63, 3.8) is 0 Å². The van der Waals surface area contributed by atoms with Crippen LogP contribution < -0.4 is 0 Å². The summed E-state index contributed by atoms with van der Waals surface area (Å²) in [7, 11) is 0. The summed E-state index contributed by atoms with van der Waals surface area (Å²) >= 11 is 0.202. The van der Waals surface area contributed by atoms with Gasteiger partial charge < -0.3 is 0 Å². The third-order valence-electron chi connectivity index (χ3n) is 2.26. The van der Waals surface area contributed by atoms with Gasteiger partial charge in [-0.3, -0.25) is 0 Å².